The molecule has 0 radical (unpaired) electrons. The van der Waals surface area contributed by atoms with Crippen LogP contribution in [0.25, 0.3) is 77.3 Å². The SMILES string of the molecule is CC1(C)CCC(C)(C)c2cc(-c3ccc4c5c3-c3cccc6c3n(c3c7cccc8c7n(c63)B3c6ccccc6N(c6ccccc6)c6ccc(-c7ccc9c(c7)C(C)(C)CCC9(C)C)c-8c63)B5c3ccccc3N4c3ccccc3)ccc21. The van der Waals surface area contributed by atoms with E-state index >= 15 is 0 Å². The Morgan fingerprint density at radius 1 is 0.310 bits per heavy atom. The predicted molar refractivity (Wildman–Crippen MR) is 357 cm³/mol. The molecule has 0 saturated carbocycles. The molecule has 0 bridgehead atoms. The van der Waals surface area contributed by atoms with Crippen LogP contribution in [0.3, 0.4) is 0 Å². The van der Waals surface area contributed by atoms with Crippen LogP contribution in [0.5, 0.6) is 0 Å². The number of benzene rings is 10. The minimum atomic E-state index is -0.124. The number of para-hydroxylation sites is 6. The molecule has 404 valence electrons. The van der Waals surface area contributed by atoms with Crippen molar-refractivity contribution in [3.05, 3.63) is 229 Å². The second kappa shape index (κ2) is 16.5. The van der Waals surface area contributed by atoms with Crippen LogP contribution in [0, 0.1) is 0 Å². The summed E-state index contributed by atoms with van der Waals surface area (Å²) in [4.78, 5) is 5.10. The summed E-state index contributed by atoms with van der Waals surface area (Å²) in [5.41, 5.74) is 34.7. The van der Waals surface area contributed by atoms with E-state index in [1.54, 1.807) is 0 Å². The zero-order chi connectivity index (χ0) is 56.5. The van der Waals surface area contributed by atoms with Crippen LogP contribution in [0.1, 0.15) is 103 Å². The third-order valence-corrected chi connectivity index (χ3v) is 21.6. The third kappa shape index (κ3) is 6.26. The Kier molecular flexibility index (Phi) is 9.60. The zero-order valence-electron chi connectivity index (χ0n) is 49.4. The first-order valence-electron chi connectivity index (χ1n) is 30.8. The maximum absolute atomic E-state index is 2.83. The van der Waals surface area contributed by atoms with E-state index in [1.807, 2.05) is 0 Å². The summed E-state index contributed by atoms with van der Waals surface area (Å²) >= 11 is 0. The normalized spacial score (nSPS) is 17.4. The zero-order valence-corrected chi connectivity index (χ0v) is 49.4. The van der Waals surface area contributed by atoms with Gasteiger partial charge in [0, 0.05) is 67.1 Å². The first kappa shape index (κ1) is 48.8. The Balaban J connectivity index is 0.976. The van der Waals surface area contributed by atoms with Crippen molar-refractivity contribution in [2.24, 2.45) is 0 Å². The van der Waals surface area contributed by atoms with Crippen LogP contribution in [0.4, 0.5) is 34.1 Å². The van der Waals surface area contributed by atoms with Crippen LogP contribution in [-0.4, -0.2) is 22.7 Å². The lowest BCUT2D eigenvalue weighted by atomic mass is 9.44. The maximum Gasteiger partial charge on any atom is 0.333 e. The highest BCUT2D eigenvalue weighted by Gasteiger charge is 2.49. The van der Waals surface area contributed by atoms with Gasteiger partial charge in [-0.05, 0) is 173 Å². The second-order valence-corrected chi connectivity index (χ2v) is 28.0. The Morgan fingerprint density at radius 3 is 1.11 bits per heavy atom. The summed E-state index contributed by atoms with van der Waals surface area (Å²) in [6, 6.07) is 80.2. The smallest absolute Gasteiger partial charge is 0.333 e. The van der Waals surface area contributed by atoms with Crippen molar-refractivity contribution in [2.45, 2.75) is 103 Å². The van der Waals surface area contributed by atoms with Gasteiger partial charge in [0.25, 0.3) is 0 Å². The summed E-state index contributed by atoms with van der Waals surface area (Å²) in [6.07, 6.45) is 4.72. The quantitative estimate of drug-likeness (QED) is 0.163. The van der Waals surface area contributed by atoms with E-state index in [2.05, 4.69) is 280 Å². The predicted octanol–water partition coefficient (Wildman–Crippen LogP) is 17.6. The standard InChI is InChI=1S/C78H66B2N4/c1-75(2)41-43-77(5,6)59-45-47(33-37-57(59)75)51-35-39-65-69-67(51)53-25-19-27-55-71(53)83(79(69)61-29-15-17-31-63(61)81(65)49-21-11-9-12-22-49)74-56-28-20-26-54-68-52(48-34-38-58-60(46-48)78(7,8)44-42-76(58,3)4)36-40-66-70(68)80(84(72(54)56)73(55)74)62-30-16-18-32-64(62)82(66)50-23-13-10-14-24-50/h9-40,45-46H,41-44H2,1-8H3. The summed E-state index contributed by atoms with van der Waals surface area (Å²) < 4.78 is 5.65. The molecule has 0 unspecified atom stereocenters. The molecule has 18 rings (SSSR count). The highest BCUT2D eigenvalue weighted by molar-refractivity contribution is 6.92. The van der Waals surface area contributed by atoms with Gasteiger partial charge in [0.2, 0.25) is 0 Å². The Hall–Kier alpha value is -8.73. The Bertz CT molecular complexity index is 4570. The van der Waals surface area contributed by atoms with Gasteiger partial charge in [-0.2, -0.15) is 0 Å². The van der Waals surface area contributed by atoms with E-state index in [-0.39, 0.29) is 35.4 Å². The number of hydrogen-bond acceptors (Lipinski definition) is 2. The van der Waals surface area contributed by atoms with Crippen LogP contribution in [0.15, 0.2) is 206 Å². The number of nitrogens with zero attached hydrogens (tertiary/aromatic N) is 4. The summed E-state index contributed by atoms with van der Waals surface area (Å²) in [5.74, 6) is 0. The van der Waals surface area contributed by atoms with E-state index in [0.29, 0.717) is 0 Å². The molecule has 0 fully saturated rings. The molecule has 2 aliphatic carbocycles. The molecule has 10 aromatic carbocycles. The maximum atomic E-state index is 2.83. The van der Waals surface area contributed by atoms with Gasteiger partial charge in [-0.15, -0.1) is 0 Å². The monoisotopic (exact) mass is 1080 g/mol. The van der Waals surface area contributed by atoms with Gasteiger partial charge in [-0.25, -0.2) is 0 Å². The lowest BCUT2D eigenvalue weighted by Crippen LogP contribution is -2.56. The molecule has 0 N–H and O–H groups in total. The lowest BCUT2D eigenvalue weighted by molar-refractivity contribution is 0.332. The van der Waals surface area contributed by atoms with E-state index < -0.39 is 0 Å². The fourth-order valence-corrected chi connectivity index (χ4v) is 17.3. The Morgan fingerprint density at radius 2 is 0.690 bits per heavy atom. The first-order valence-corrected chi connectivity index (χ1v) is 30.8. The van der Waals surface area contributed by atoms with Crippen LogP contribution < -0.4 is 31.7 Å². The number of hydrogen-bond donors (Lipinski definition) is 0. The molecule has 4 nitrogen and oxygen atoms in total. The molecule has 0 atom stereocenters. The van der Waals surface area contributed by atoms with Crippen molar-refractivity contribution in [3.63, 3.8) is 0 Å². The highest BCUT2D eigenvalue weighted by Crippen LogP contribution is 2.55. The topological polar surface area (TPSA) is 16.3 Å². The second-order valence-electron chi connectivity index (χ2n) is 28.0. The number of anilines is 6. The minimum absolute atomic E-state index is 0.0673. The van der Waals surface area contributed by atoms with Crippen molar-refractivity contribution in [1.29, 1.82) is 0 Å². The van der Waals surface area contributed by atoms with Crippen molar-refractivity contribution >= 4 is 103 Å². The Labute approximate surface area is 494 Å². The van der Waals surface area contributed by atoms with Crippen LogP contribution in [0.2, 0.25) is 0 Å². The van der Waals surface area contributed by atoms with Crippen molar-refractivity contribution in [1.82, 2.24) is 8.96 Å². The summed E-state index contributed by atoms with van der Waals surface area (Å²) in [7, 11) is 0. The molecule has 0 saturated heterocycles. The fourth-order valence-electron chi connectivity index (χ4n) is 17.3. The average molecular weight is 1080 g/mol. The minimum Gasteiger partial charge on any atom is -0.374 e. The number of fused-ring (bicyclic) bond motifs is 15. The number of rotatable bonds is 4. The molecule has 6 heteroatoms. The van der Waals surface area contributed by atoms with Crippen molar-refractivity contribution in [2.75, 3.05) is 9.80 Å². The molecule has 0 amide bonds. The molecule has 84 heavy (non-hydrogen) atoms. The van der Waals surface area contributed by atoms with Crippen LogP contribution >= 0.6 is 0 Å². The molecule has 12 aromatic rings. The van der Waals surface area contributed by atoms with Gasteiger partial charge < -0.3 is 18.8 Å². The van der Waals surface area contributed by atoms with Gasteiger partial charge in [0.05, 0.1) is 11.0 Å². The van der Waals surface area contributed by atoms with E-state index in [1.165, 1.54) is 181 Å². The number of aromatic nitrogens is 2. The average Bonchev–Trinajstić information content (AvgIpc) is 1.45. The molecular weight excluding hydrogens is 1010 g/mol. The van der Waals surface area contributed by atoms with Gasteiger partial charge >= 0.3 is 13.7 Å². The van der Waals surface area contributed by atoms with E-state index in [9.17, 15) is 0 Å². The largest absolute Gasteiger partial charge is 0.374 e. The van der Waals surface area contributed by atoms with Gasteiger partial charge in [-0.1, -0.05) is 213 Å². The van der Waals surface area contributed by atoms with Gasteiger partial charge in [0.15, 0.2) is 0 Å². The fraction of sp³-hybridized carbons (Fsp3) is 0.205. The van der Waals surface area contributed by atoms with Crippen molar-refractivity contribution < 1.29 is 0 Å². The molecule has 4 aliphatic heterocycles. The molecule has 6 aliphatic rings. The molecule has 2 aromatic heterocycles. The van der Waals surface area contributed by atoms with Crippen molar-refractivity contribution in [3.8, 4) is 44.5 Å². The molecule has 0 spiro atoms. The van der Waals surface area contributed by atoms with E-state index in [0.717, 1.165) is 0 Å². The highest BCUT2D eigenvalue weighted by atomic mass is 15.2. The lowest BCUT2D eigenvalue weighted by Gasteiger charge is -2.42. The molecule has 6 heterocycles. The summed E-state index contributed by atoms with van der Waals surface area (Å²) in [6.45, 7) is 19.4. The van der Waals surface area contributed by atoms with Gasteiger partial charge in [-0.3, -0.25) is 0 Å². The summed E-state index contributed by atoms with van der Waals surface area (Å²) in [5, 5.41) is 2.60. The van der Waals surface area contributed by atoms with Crippen LogP contribution in [-0.2, 0) is 21.7 Å². The molecular formula is C78H66B2N4. The first-order chi connectivity index (χ1) is 40.7. The third-order valence-electron chi connectivity index (χ3n) is 21.6. The van der Waals surface area contributed by atoms with E-state index in [4.69, 9.17) is 0 Å². The van der Waals surface area contributed by atoms with Gasteiger partial charge in [0.1, 0.15) is 0 Å².